The maximum Gasteiger partial charge on any atom is 0.306 e. The van der Waals surface area contributed by atoms with E-state index in [0.29, 0.717) is 19.3 Å². The standard InChI is InChI=1S/C65H118O6/c1-4-7-10-13-16-19-22-25-28-31-32-35-37-40-43-46-49-52-55-58-64(67)70-61-62(71-65(68)59-56-53-50-47-44-41-38-34-30-27-24-21-18-15-12-9-6-3)60-69-63(66)57-54-51-48-45-42-39-36-33-29-26-23-20-17-14-11-8-5-2/h18,21,27,30,38,41,47,50,62H,4-17,19-20,22-26,28-29,31-37,39-40,42-46,48-49,51-61H2,1-3H3/b21-18+,30-27+,41-38+,50-47+/t62-/m1/s1. The fourth-order valence-corrected chi connectivity index (χ4v) is 9.14. The zero-order valence-electron chi connectivity index (χ0n) is 47.5. The summed E-state index contributed by atoms with van der Waals surface area (Å²) in [5.41, 5.74) is 0. The largest absolute Gasteiger partial charge is 0.462 e. The van der Waals surface area contributed by atoms with E-state index in [1.54, 1.807) is 0 Å². The maximum absolute atomic E-state index is 12.9. The third kappa shape index (κ3) is 58.1. The average Bonchev–Trinajstić information content (AvgIpc) is 3.37. The second kappa shape index (κ2) is 59.9. The van der Waals surface area contributed by atoms with Gasteiger partial charge in [-0.25, -0.2) is 0 Å². The molecule has 0 aliphatic rings. The molecule has 0 saturated carbocycles. The van der Waals surface area contributed by atoms with Gasteiger partial charge in [0.05, 0.1) is 0 Å². The first-order valence-electron chi connectivity index (χ1n) is 31.1. The first-order chi connectivity index (χ1) is 35.0. The Morgan fingerprint density at radius 3 is 0.831 bits per heavy atom. The van der Waals surface area contributed by atoms with Crippen molar-refractivity contribution in [2.24, 2.45) is 0 Å². The van der Waals surface area contributed by atoms with Crippen LogP contribution in [0.3, 0.4) is 0 Å². The van der Waals surface area contributed by atoms with Gasteiger partial charge in [-0.1, -0.05) is 301 Å². The lowest BCUT2D eigenvalue weighted by molar-refractivity contribution is -0.167. The van der Waals surface area contributed by atoms with E-state index in [1.165, 1.54) is 218 Å². The van der Waals surface area contributed by atoms with Gasteiger partial charge in [0.15, 0.2) is 6.10 Å². The number of ether oxygens (including phenoxy) is 3. The number of hydrogen-bond donors (Lipinski definition) is 0. The molecular formula is C65H118O6. The van der Waals surface area contributed by atoms with Crippen LogP contribution in [0.25, 0.3) is 0 Å². The van der Waals surface area contributed by atoms with Crippen molar-refractivity contribution in [3.63, 3.8) is 0 Å². The lowest BCUT2D eigenvalue weighted by atomic mass is 10.0. The van der Waals surface area contributed by atoms with Crippen LogP contribution in [0.4, 0.5) is 0 Å². The number of unbranched alkanes of at least 4 members (excludes halogenated alkanes) is 38. The van der Waals surface area contributed by atoms with Gasteiger partial charge < -0.3 is 14.2 Å². The van der Waals surface area contributed by atoms with Crippen molar-refractivity contribution in [3.05, 3.63) is 48.6 Å². The Balaban J connectivity index is 4.39. The van der Waals surface area contributed by atoms with Crippen molar-refractivity contribution in [2.45, 2.75) is 335 Å². The Kier molecular flexibility index (Phi) is 57.7. The zero-order chi connectivity index (χ0) is 51.4. The first-order valence-corrected chi connectivity index (χ1v) is 31.1. The smallest absolute Gasteiger partial charge is 0.306 e. The van der Waals surface area contributed by atoms with E-state index in [0.717, 1.165) is 64.2 Å². The average molecular weight is 996 g/mol. The summed E-state index contributed by atoms with van der Waals surface area (Å²) < 4.78 is 16.9. The molecule has 0 fully saturated rings. The van der Waals surface area contributed by atoms with Gasteiger partial charge in [-0.15, -0.1) is 0 Å². The van der Waals surface area contributed by atoms with E-state index in [2.05, 4.69) is 69.4 Å². The molecule has 0 rings (SSSR count). The van der Waals surface area contributed by atoms with Crippen LogP contribution < -0.4 is 0 Å². The molecule has 0 heterocycles. The maximum atomic E-state index is 12.9. The minimum Gasteiger partial charge on any atom is -0.462 e. The highest BCUT2D eigenvalue weighted by Crippen LogP contribution is 2.17. The molecular weight excluding hydrogens is 877 g/mol. The van der Waals surface area contributed by atoms with E-state index in [1.807, 2.05) is 0 Å². The van der Waals surface area contributed by atoms with Gasteiger partial charge in [-0.2, -0.15) is 0 Å². The molecule has 6 nitrogen and oxygen atoms in total. The Morgan fingerprint density at radius 1 is 0.282 bits per heavy atom. The molecule has 0 bridgehead atoms. The third-order valence-electron chi connectivity index (χ3n) is 13.8. The molecule has 0 unspecified atom stereocenters. The van der Waals surface area contributed by atoms with Crippen LogP contribution in [0, 0.1) is 0 Å². The molecule has 0 amide bonds. The van der Waals surface area contributed by atoms with Gasteiger partial charge in [-0.3, -0.25) is 14.4 Å². The molecule has 0 aromatic heterocycles. The highest BCUT2D eigenvalue weighted by molar-refractivity contribution is 5.71. The highest BCUT2D eigenvalue weighted by atomic mass is 16.6. The van der Waals surface area contributed by atoms with Crippen molar-refractivity contribution in [1.29, 1.82) is 0 Å². The summed E-state index contributed by atoms with van der Waals surface area (Å²) >= 11 is 0. The minimum absolute atomic E-state index is 0.0900. The zero-order valence-corrected chi connectivity index (χ0v) is 47.5. The normalized spacial score (nSPS) is 12.3. The second-order valence-electron chi connectivity index (χ2n) is 21.0. The van der Waals surface area contributed by atoms with Crippen molar-refractivity contribution in [3.8, 4) is 0 Å². The predicted octanol–water partition coefficient (Wildman–Crippen LogP) is 21.0. The number of carbonyl (C=O) groups is 3. The number of carbonyl (C=O) groups excluding carboxylic acids is 3. The fourth-order valence-electron chi connectivity index (χ4n) is 9.14. The highest BCUT2D eigenvalue weighted by Gasteiger charge is 2.19. The molecule has 0 aromatic carbocycles. The summed E-state index contributed by atoms with van der Waals surface area (Å²) in [4.78, 5) is 38.2. The Bertz CT molecular complexity index is 1230. The Hall–Kier alpha value is -2.63. The fraction of sp³-hybridized carbons (Fsp3) is 0.831. The van der Waals surface area contributed by atoms with Gasteiger partial charge in [0.25, 0.3) is 0 Å². The summed E-state index contributed by atoms with van der Waals surface area (Å²) in [7, 11) is 0. The van der Waals surface area contributed by atoms with E-state index >= 15 is 0 Å². The van der Waals surface area contributed by atoms with Gasteiger partial charge in [0.2, 0.25) is 0 Å². The second-order valence-corrected chi connectivity index (χ2v) is 21.0. The lowest BCUT2D eigenvalue weighted by Gasteiger charge is -2.18. The number of esters is 3. The van der Waals surface area contributed by atoms with Gasteiger partial charge in [-0.05, 0) is 57.8 Å². The van der Waals surface area contributed by atoms with Crippen molar-refractivity contribution >= 4 is 17.9 Å². The van der Waals surface area contributed by atoms with E-state index < -0.39 is 6.10 Å². The van der Waals surface area contributed by atoms with Crippen LogP contribution in [-0.2, 0) is 28.6 Å². The van der Waals surface area contributed by atoms with Gasteiger partial charge >= 0.3 is 17.9 Å². The van der Waals surface area contributed by atoms with Crippen LogP contribution in [-0.4, -0.2) is 37.2 Å². The molecule has 6 heteroatoms. The van der Waals surface area contributed by atoms with E-state index in [-0.39, 0.29) is 37.5 Å². The molecule has 0 spiro atoms. The molecule has 1 atom stereocenters. The van der Waals surface area contributed by atoms with Crippen molar-refractivity contribution < 1.29 is 28.6 Å². The molecule has 0 aliphatic heterocycles. The summed E-state index contributed by atoms with van der Waals surface area (Å²) in [5.74, 6) is -0.925. The van der Waals surface area contributed by atoms with Gasteiger partial charge in [0, 0.05) is 19.3 Å². The number of allylic oxidation sites excluding steroid dienone is 8. The molecule has 0 radical (unpaired) electrons. The molecule has 0 aliphatic carbocycles. The van der Waals surface area contributed by atoms with Gasteiger partial charge in [0.1, 0.15) is 13.2 Å². The van der Waals surface area contributed by atoms with Crippen LogP contribution in [0.15, 0.2) is 48.6 Å². The quantitative estimate of drug-likeness (QED) is 0.0261. The molecule has 0 N–H and O–H groups in total. The molecule has 414 valence electrons. The van der Waals surface area contributed by atoms with Crippen LogP contribution >= 0.6 is 0 Å². The monoisotopic (exact) mass is 995 g/mol. The topological polar surface area (TPSA) is 78.9 Å². The predicted molar refractivity (Wildman–Crippen MR) is 307 cm³/mol. The summed E-state index contributed by atoms with van der Waals surface area (Å²) in [6.45, 7) is 6.62. The van der Waals surface area contributed by atoms with Crippen molar-refractivity contribution in [2.75, 3.05) is 13.2 Å². The third-order valence-corrected chi connectivity index (χ3v) is 13.8. The first kappa shape index (κ1) is 68.4. The van der Waals surface area contributed by atoms with E-state index in [4.69, 9.17) is 14.2 Å². The summed E-state index contributed by atoms with van der Waals surface area (Å²) in [5, 5.41) is 0. The Labute approximate surface area is 441 Å². The van der Waals surface area contributed by atoms with Crippen molar-refractivity contribution in [1.82, 2.24) is 0 Å². The lowest BCUT2D eigenvalue weighted by Crippen LogP contribution is -2.30. The molecule has 0 saturated heterocycles. The summed E-state index contributed by atoms with van der Waals surface area (Å²) in [6, 6.07) is 0. The van der Waals surface area contributed by atoms with Crippen LogP contribution in [0.2, 0.25) is 0 Å². The molecule has 0 aromatic rings. The molecule has 71 heavy (non-hydrogen) atoms. The summed E-state index contributed by atoms with van der Waals surface area (Å²) in [6.07, 6.45) is 74.0. The van der Waals surface area contributed by atoms with E-state index in [9.17, 15) is 14.4 Å². The SMILES string of the molecule is CCCCC/C=C/C/C=C/C/C=C/C/C=C/CCCC(=O)O[C@H](COC(=O)CCCCCCCCCCCCCCCCCCC)COC(=O)CCCCCCCCCCCCCCCCCCCCC. The minimum atomic E-state index is -0.799. The Morgan fingerprint density at radius 2 is 0.521 bits per heavy atom. The number of rotatable bonds is 57. The number of hydrogen-bond acceptors (Lipinski definition) is 6. The van der Waals surface area contributed by atoms with Crippen LogP contribution in [0.5, 0.6) is 0 Å². The van der Waals surface area contributed by atoms with Crippen LogP contribution in [0.1, 0.15) is 329 Å².